The SMILES string of the molecule is CCn1nc(C)cc1CNC1CC(C)CC(C)C1. The molecule has 0 radical (unpaired) electrons. The normalized spacial score (nSPS) is 28.6. The van der Waals surface area contributed by atoms with E-state index in [4.69, 9.17) is 0 Å². The lowest BCUT2D eigenvalue weighted by atomic mass is 9.80. The zero-order valence-electron chi connectivity index (χ0n) is 12.2. The summed E-state index contributed by atoms with van der Waals surface area (Å²) in [6.45, 7) is 10.9. The number of nitrogens with zero attached hydrogens (tertiary/aromatic N) is 2. The van der Waals surface area contributed by atoms with Gasteiger partial charge in [0.1, 0.15) is 0 Å². The first-order chi connectivity index (χ1) is 8.58. The van der Waals surface area contributed by atoms with Crippen LogP contribution in [0.2, 0.25) is 0 Å². The van der Waals surface area contributed by atoms with Crippen molar-refractivity contribution in [3.8, 4) is 0 Å². The molecule has 0 aromatic carbocycles. The van der Waals surface area contributed by atoms with Crippen molar-refractivity contribution in [1.82, 2.24) is 15.1 Å². The fourth-order valence-corrected chi connectivity index (χ4v) is 3.38. The molecule has 18 heavy (non-hydrogen) atoms. The number of rotatable bonds is 4. The molecule has 1 saturated carbocycles. The minimum absolute atomic E-state index is 0.685. The molecule has 0 aliphatic heterocycles. The Hall–Kier alpha value is -0.830. The standard InChI is InChI=1S/C15H27N3/c1-5-18-15(9-13(4)17-18)10-16-14-7-11(2)6-12(3)8-14/h9,11-12,14,16H,5-8,10H2,1-4H3. The summed E-state index contributed by atoms with van der Waals surface area (Å²) < 4.78 is 2.11. The van der Waals surface area contributed by atoms with Gasteiger partial charge in [-0.05, 0) is 51.0 Å². The number of hydrogen-bond acceptors (Lipinski definition) is 2. The highest BCUT2D eigenvalue weighted by molar-refractivity contribution is 5.08. The molecule has 2 unspecified atom stereocenters. The van der Waals surface area contributed by atoms with Crippen LogP contribution in [-0.4, -0.2) is 15.8 Å². The smallest absolute Gasteiger partial charge is 0.0597 e. The van der Waals surface area contributed by atoms with Crippen molar-refractivity contribution in [3.63, 3.8) is 0 Å². The molecule has 1 N–H and O–H groups in total. The molecule has 3 nitrogen and oxygen atoms in total. The number of aryl methyl sites for hydroxylation is 2. The summed E-state index contributed by atoms with van der Waals surface area (Å²) >= 11 is 0. The van der Waals surface area contributed by atoms with Gasteiger partial charge >= 0.3 is 0 Å². The van der Waals surface area contributed by atoms with Gasteiger partial charge in [-0.2, -0.15) is 5.10 Å². The molecule has 102 valence electrons. The van der Waals surface area contributed by atoms with Crippen LogP contribution < -0.4 is 5.32 Å². The zero-order chi connectivity index (χ0) is 13.1. The Kier molecular flexibility index (Phi) is 4.44. The van der Waals surface area contributed by atoms with Gasteiger partial charge in [0.2, 0.25) is 0 Å². The highest BCUT2D eigenvalue weighted by Gasteiger charge is 2.23. The van der Waals surface area contributed by atoms with E-state index in [2.05, 4.69) is 48.9 Å². The molecule has 1 aliphatic rings. The molecular formula is C15H27N3. The second-order valence-electron chi connectivity index (χ2n) is 6.09. The quantitative estimate of drug-likeness (QED) is 0.888. The number of hydrogen-bond donors (Lipinski definition) is 1. The van der Waals surface area contributed by atoms with E-state index in [0.717, 1.165) is 30.6 Å². The van der Waals surface area contributed by atoms with Crippen molar-refractivity contribution in [2.75, 3.05) is 0 Å². The lowest BCUT2D eigenvalue weighted by molar-refractivity contribution is 0.237. The van der Waals surface area contributed by atoms with Crippen LogP contribution in [0.4, 0.5) is 0 Å². The van der Waals surface area contributed by atoms with Gasteiger partial charge in [0, 0.05) is 19.1 Å². The molecular weight excluding hydrogens is 222 g/mol. The maximum absolute atomic E-state index is 4.50. The average molecular weight is 249 g/mol. The van der Waals surface area contributed by atoms with Gasteiger partial charge in [0.25, 0.3) is 0 Å². The van der Waals surface area contributed by atoms with E-state index in [0.29, 0.717) is 6.04 Å². The van der Waals surface area contributed by atoms with E-state index < -0.39 is 0 Å². The third kappa shape index (κ3) is 3.35. The van der Waals surface area contributed by atoms with E-state index in [1.807, 2.05) is 0 Å². The molecule has 3 heteroatoms. The van der Waals surface area contributed by atoms with Crippen molar-refractivity contribution in [2.45, 2.75) is 66.1 Å². The molecule has 1 heterocycles. The van der Waals surface area contributed by atoms with Crippen LogP contribution in [0.15, 0.2) is 6.07 Å². The Bertz CT molecular complexity index is 373. The molecule has 1 aromatic heterocycles. The maximum Gasteiger partial charge on any atom is 0.0597 e. The van der Waals surface area contributed by atoms with Gasteiger partial charge in [-0.15, -0.1) is 0 Å². The van der Waals surface area contributed by atoms with Gasteiger partial charge in [0.05, 0.1) is 11.4 Å². The lowest BCUT2D eigenvalue weighted by Crippen LogP contribution is -2.36. The fourth-order valence-electron chi connectivity index (χ4n) is 3.38. The lowest BCUT2D eigenvalue weighted by Gasteiger charge is -2.32. The van der Waals surface area contributed by atoms with Crippen molar-refractivity contribution >= 4 is 0 Å². The third-order valence-corrected chi connectivity index (χ3v) is 4.04. The van der Waals surface area contributed by atoms with Crippen LogP contribution in [0.3, 0.4) is 0 Å². The second-order valence-corrected chi connectivity index (χ2v) is 6.09. The molecule has 0 bridgehead atoms. The first kappa shape index (κ1) is 13.6. The van der Waals surface area contributed by atoms with Crippen molar-refractivity contribution in [3.05, 3.63) is 17.5 Å². The van der Waals surface area contributed by atoms with Crippen LogP contribution in [0.5, 0.6) is 0 Å². The number of nitrogens with one attached hydrogen (secondary N) is 1. The Morgan fingerprint density at radius 2 is 1.94 bits per heavy atom. The topological polar surface area (TPSA) is 29.9 Å². The monoisotopic (exact) mass is 249 g/mol. The molecule has 0 amide bonds. The minimum atomic E-state index is 0.685. The summed E-state index contributed by atoms with van der Waals surface area (Å²) in [5.74, 6) is 1.73. The predicted molar refractivity (Wildman–Crippen MR) is 75.4 cm³/mol. The summed E-state index contributed by atoms with van der Waals surface area (Å²) in [7, 11) is 0. The summed E-state index contributed by atoms with van der Waals surface area (Å²) in [5.41, 5.74) is 2.44. The van der Waals surface area contributed by atoms with Crippen LogP contribution >= 0.6 is 0 Å². The molecule has 1 fully saturated rings. The molecule has 0 spiro atoms. The van der Waals surface area contributed by atoms with Gasteiger partial charge in [-0.1, -0.05) is 13.8 Å². The first-order valence-electron chi connectivity index (χ1n) is 7.35. The molecule has 1 aliphatic carbocycles. The van der Waals surface area contributed by atoms with E-state index in [-0.39, 0.29) is 0 Å². The predicted octanol–water partition coefficient (Wildman–Crippen LogP) is 3.13. The van der Waals surface area contributed by atoms with Gasteiger partial charge in [0.15, 0.2) is 0 Å². The molecule has 0 saturated heterocycles. The summed E-state index contributed by atoms with van der Waals surface area (Å²) in [5, 5.41) is 8.23. The fraction of sp³-hybridized carbons (Fsp3) is 0.800. The first-order valence-corrected chi connectivity index (χ1v) is 7.35. The van der Waals surface area contributed by atoms with Gasteiger partial charge in [-0.3, -0.25) is 4.68 Å². The molecule has 1 aromatic rings. The van der Waals surface area contributed by atoms with E-state index in [1.165, 1.54) is 25.0 Å². The Morgan fingerprint density at radius 3 is 2.56 bits per heavy atom. The summed E-state index contributed by atoms with van der Waals surface area (Å²) in [6, 6.07) is 2.89. The maximum atomic E-state index is 4.50. The van der Waals surface area contributed by atoms with Crippen LogP contribution in [-0.2, 0) is 13.1 Å². The third-order valence-electron chi connectivity index (χ3n) is 4.04. The minimum Gasteiger partial charge on any atom is -0.308 e. The summed E-state index contributed by atoms with van der Waals surface area (Å²) in [6.07, 6.45) is 4.04. The highest BCUT2D eigenvalue weighted by Crippen LogP contribution is 2.28. The Morgan fingerprint density at radius 1 is 1.28 bits per heavy atom. The average Bonchev–Trinajstić information content (AvgIpc) is 2.66. The molecule has 2 rings (SSSR count). The highest BCUT2D eigenvalue weighted by atomic mass is 15.3. The Labute approximate surface area is 111 Å². The largest absolute Gasteiger partial charge is 0.308 e. The van der Waals surface area contributed by atoms with Crippen molar-refractivity contribution in [2.24, 2.45) is 11.8 Å². The number of aromatic nitrogens is 2. The van der Waals surface area contributed by atoms with Crippen molar-refractivity contribution in [1.29, 1.82) is 0 Å². The second kappa shape index (κ2) is 5.87. The van der Waals surface area contributed by atoms with Gasteiger partial charge in [-0.25, -0.2) is 0 Å². The van der Waals surface area contributed by atoms with E-state index in [9.17, 15) is 0 Å². The van der Waals surface area contributed by atoms with Crippen LogP contribution in [0.1, 0.15) is 51.4 Å². The van der Waals surface area contributed by atoms with Crippen LogP contribution in [0, 0.1) is 18.8 Å². The summed E-state index contributed by atoms with van der Waals surface area (Å²) in [4.78, 5) is 0. The van der Waals surface area contributed by atoms with E-state index >= 15 is 0 Å². The molecule has 2 atom stereocenters. The zero-order valence-corrected chi connectivity index (χ0v) is 12.2. The van der Waals surface area contributed by atoms with Crippen LogP contribution in [0.25, 0.3) is 0 Å². The Balaban J connectivity index is 1.90. The van der Waals surface area contributed by atoms with Gasteiger partial charge < -0.3 is 5.32 Å². The van der Waals surface area contributed by atoms with Crippen molar-refractivity contribution < 1.29 is 0 Å². The van der Waals surface area contributed by atoms with E-state index in [1.54, 1.807) is 0 Å².